The fourth-order valence-electron chi connectivity index (χ4n) is 3.52. The van der Waals surface area contributed by atoms with E-state index >= 15 is 0 Å². The summed E-state index contributed by atoms with van der Waals surface area (Å²) in [6, 6.07) is 13.9. The van der Waals surface area contributed by atoms with Gasteiger partial charge in [0.25, 0.3) is 0 Å². The lowest BCUT2D eigenvalue weighted by atomic mass is 10.0. The van der Waals surface area contributed by atoms with Crippen LogP contribution in [0.3, 0.4) is 0 Å². The summed E-state index contributed by atoms with van der Waals surface area (Å²) in [7, 11) is 1.70. The van der Waals surface area contributed by atoms with Crippen molar-refractivity contribution in [3.05, 3.63) is 65.5 Å². The largest absolute Gasteiger partial charge is 0.496 e. The second kappa shape index (κ2) is 7.57. The van der Waals surface area contributed by atoms with Gasteiger partial charge < -0.3 is 9.64 Å². The summed E-state index contributed by atoms with van der Waals surface area (Å²) < 4.78 is 7.07. The summed E-state index contributed by atoms with van der Waals surface area (Å²) in [5.74, 6) is 1.07. The number of aromatic nitrogens is 4. The molecule has 0 spiro atoms. The van der Waals surface area contributed by atoms with Crippen LogP contribution in [0.25, 0.3) is 5.69 Å². The van der Waals surface area contributed by atoms with Gasteiger partial charge in [0.1, 0.15) is 12.1 Å². The second-order valence-electron chi connectivity index (χ2n) is 6.58. The second-order valence-corrected chi connectivity index (χ2v) is 6.58. The molecule has 0 saturated carbocycles. The highest BCUT2D eigenvalue weighted by Crippen LogP contribution is 2.26. The molecule has 2 heterocycles. The fraction of sp³-hybridized carbons (Fsp3) is 0.300. The van der Waals surface area contributed by atoms with E-state index in [1.165, 1.54) is 11.1 Å². The topological polar surface area (TPSA) is 73.1 Å². The maximum absolute atomic E-state index is 12.8. The molecule has 7 nitrogen and oxygen atoms in total. The highest BCUT2D eigenvalue weighted by Gasteiger charge is 2.20. The Bertz CT molecular complexity index is 922. The average Bonchev–Trinajstić information content (AvgIpc) is 3.14. The quantitative estimate of drug-likeness (QED) is 0.707. The summed E-state index contributed by atoms with van der Waals surface area (Å²) in [5, 5.41) is 11.1. The summed E-state index contributed by atoms with van der Waals surface area (Å²) in [4.78, 5) is 14.7. The molecule has 4 rings (SSSR count). The molecule has 0 N–H and O–H groups in total. The molecule has 1 aromatic heterocycles. The van der Waals surface area contributed by atoms with Crippen LogP contribution in [-0.4, -0.2) is 51.2 Å². The van der Waals surface area contributed by atoms with Gasteiger partial charge in [-0.25, -0.2) is 4.68 Å². The van der Waals surface area contributed by atoms with Crippen LogP contribution < -0.4 is 4.74 Å². The van der Waals surface area contributed by atoms with Crippen LogP contribution in [-0.2, 0) is 24.1 Å². The number of nitrogens with zero attached hydrogens (tertiary/aromatic N) is 5. The molecule has 1 aliphatic heterocycles. The van der Waals surface area contributed by atoms with E-state index in [-0.39, 0.29) is 5.91 Å². The Balaban J connectivity index is 1.42. The van der Waals surface area contributed by atoms with Crippen molar-refractivity contribution in [1.29, 1.82) is 0 Å². The number of rotatable bonds is 4. The number of hydrogen-bond acceptors (Lipinski definition) is 5. The molecule has 7 heteroatoms. The van der Waals surface area contributed by atoms with Gasteiger partial charge in [-0.3, -0.25) is 4.79 Å². The van der Waals surface area contributed by atoms with Crippen molar-refractivity contribution in [1.82, 2.24) is 25.1 Å². The van der Waals surface area contributed by atoms with E-state index < -0.39 is 0 Å². The van der Waals surface area contributed by atoms with Crippen molar-refractivity contribution in [3.8, 4) is 11.4 Å². The smallest absolute Gasteiger partial charge is 0.227 e. The first-order chi connectivity index (χ1) is 13.2. The van der Waals surface area contributed by atoms with E-state index in [0.29, 0.717) is 6.42 Å². The van der Waals surface area contributed by atoms with E-state index in [0.717, 1.165) is 42.9 Å². The third-order valence-corrected chi connectivity index (χ3v) is 4.99. The normalized spacial score (nSPS) is 13.7. The zero-order valence-corrected chi connectivity index (χ0v) is 15.2. The number of ether oxygens (including phenoxy) is 1. The molecule has 2 aromatic carbocycles. The van der Waals surface area contributed by atoms with Crippen LogP contribution in [0.2, 0.25) is 0 Å². The van der Waals surface area contributed by atoms with E-state index in [9.17, 15) is 4.79 Å². The molecule has 0 radical (unpaired) electrons. The number of benzene rings is 2. The van der Waals surface area contributed by atoms with Gasteiger partial charge in [0.15, 0.2) is 0 Å². The van der Waals surface area contributed by atoms with Crippen molar-refractivity contribution in [3.63, 3.8) is 0 Å². The molecule has 0 saturated heterocycles. The van der Waals surface area contributed by atoms with Crippen molar-refractivity contribution >= 4 is 5.91 Å². The number of tetrazole rings is 1. The fourth-order valence-corrected chi connectivity index (χ4v) is 3.52. The number of carbonyl (C=O) groups excluding carboxylic acids is 1. The lowest BCUT2D eigenvalue weighted by Crippen LogP contribution is -2.34. The molecule has 0 unspecified atom stereocenters. The van der Waals surface area contributed by atoms with Gasteiger partial charge in [-0.15, -0.1) is 5.10 Å². The maximum atomic E-state index is 12.8. The van der Waals surface area contributed by atoms with E-state index in [1.807, 2.05) is 41.3 Å². The van der Waals surface area contributed by atoms with E-state index in [2.05, 4.69) is 21.6 Å². The lowest BCUT2D eigenvalue weighted by molar-refractivity contribution is -0.130. The molecule has 0 atom stereocenters. The summed E-state index contributed by atoms with van der Waals surface area (Å²) in [6.07, 6.45) is 3.62. The van der Waals surface area contributed by atoms with Crippen molar-refractivity contribution in [2.75, 3.05) is 20.2 Å². The van der Waals surface area contributed by atoms with E-state index in [1.54, 1.807) is 18.1 Å². The van der Waals surface area contributed by atoms with Crippen LogP contribution >= 0.6 is 0 Å². The molecule has 1 amide bonds. The number of fused-ring (bicyclic) bond motifs is 1. The first-order valence-electron chi connectivity index (χ1n) is 8.99. The third-order valence-electron chi connectivity index (χ3n) is 4.99. The average molecular weight is 363 g/mol. The molecule has 27 heavy (non-hydrogen) atoms. The van der Waals surface area contributed by atoms with Crippen LogP contribution in [0.1, 0.15) is 16.7 Å². The minimum Gasteiger partial charge on any atom is -0.496 e. The maximum Gasteiger partial charge on any atom is 0.227 e. The molecular formula is C20H21N5O2. The van der Waals surface area contributed by atoms with Crippen molar-refractivity contribution in [2.45, 2.75) is 19.3 Å². The zero-order valence-electron chi connectivity index (χ0n) is 15.2. The van der Waals surface area contributed by atoms with Crippen LogP contribution in [0.4, 0.5) is 0 Å². The van der Waals surface area contributed by atoms with Gasteiger partial charge >= 0.3 is 0 Å². The molecular weight excluding hydrogens is 342 g/mol. The number of carbonyl (C=O) groups is 1. The van der Waals surface area contributed by atoms with Crippen LogP contribution in [0.5, 0.6) is 5.75 Å². The van der Waals surface area contributed by atoms with Crippen molar-refractivity contribution < 1.29 is 9.53 Å². The molecule has 3 aromatic rings. The predicted octanol–water partition coefficient (Wildman–Crippen LogP) is 1.84. The Morgan fingerprint density at radius 3 is 2.67 bits per heavy atom. The lowest BCUT2D eigenvalue weighted by Gasteiger charge is -2.20. The van der Waals surface area contributed by atoms with Gasteiger partial charge in [0, 0.05) is 13.1 Å². The van der Waals surface area contributed by atoms with Gasteiger partial charge in [-0.05, 0) is 58.2 Å². The highest BCUT2D eigenvalue weighted by atomic mass is 16.5. The van der Waals surface area contributed by atoms with Crippen LogP contribution in [0, 0.1) is 0 Å². The molecule has 1 aliphatic rings. The van der Waals surface area contributed by atoms with Gasteiger partial charge in [0.05, 0.1) is 19.2 Å². The minimum atomic E-state index is 0.150. The number of amides is 1. The molecule has 138 valence electrons. The minimum absolute atomic E-state index is 0.150. The van der Waals surface area contributed by atoms with Gasteiger partial charge in [-0.1, -0.05) is 24.3 Å². The standard InChI is InChI=1S/C20H21N5O2/c1-27-19-4-2-3-16-9-11-24(12-10-18(16)19)20(26)13-15-5-7-17(8-6-15)25-14-21-22-23-25/h2-8,14H,9-13H2,1H3. The highest BCUT2D eigenvalue weighted by molar-refractivity contribution is 5.79. The Hall–Kier alpha value is -3.22. The first kappa shape index (κ1) is 17.2. The Kier molecular flexibility index (Phi) is 4.82. The van der Waals surface area contributed by atoms with Crippen molar-refractivity contribution in [2.24, 2.45) is 0 Å². The Labute approximate surface area is 157 Å². The molecule has 0 aliphatic carbocycles. The zero-order chi connectivity index (χ0) is 18.6. The summed E-state index contributed by atoms with van der Waals surface area (Å²) in [5.41, 5.74) is 4.35. The summed E-state index contributed by atoms with van der Waals surface area (Å²) >= 11 is 0. The van der Waals surface area contributed by atoms with Crippen LogP contribution in [0.15, 0.2) is 48.8 Å². The van der Waals surface area contributed by atoms with E-state index in [4.69, 9.17) is 4.74 Å². The summed E-state index contributed by atoms with van der Waals surface area (Å²) in [6.45, 7) is 1.45. The Morgan fingerprint density at radius 1 is 1.11 bits per heavy atom. The third kappa shape index (κ3) is 3.67. The molecule has 0 fully saturated rings. The molecule has 0 bridgehead atoms. The SMILES string of the molecule is COc1cccc2c1CCN(C(=O)Cc1ccc(-n3cnnn3)cc1)CC2. The predicted molar refractivity (Wildman–Crippen MR) is 99.8 cm³/mol. The van der Waals surface area contributed by atoms with Gasteiger partial charge in [0.2, 0.25) is 5.91 Å². The number of methoxy groups -OCH3 is 1. The monoisotopic (exact) mass is 363 g/mol. The first-order valence-corrected chi connectivity index (χ1v) is 8.99. The Morgan fingerprint density at radius 2 is 1.93 bits per heavy atom. The number of hydrogen-bond donors (Lipinski definition) is 0. The van der Waals surface area contributed by atoms with Gasteiger partial charge in [-0.2, -0.15) is 0 Å².